The summed E-state index contributed by atoms with van der Waals surface area (Å²) in [5.41, 5.74) is 0.378. The Morgan fingerprint density at radius 1 is 1.41 bits per heavy atom. The second-order valence-corrected chi connectivity index (χ2v) is 5.14. The minimum Gasteiger partial charge on any atom is -0.375 e. The van der Waals surface area contributed by atoms with E-state index in [1.54, 1.807) is 18.2 Å². The molecule has 0 saturated carbocycles. The molecular weight excluding hydrogens is 286 g/mol. The van der Waals surface area contributed by atoms with Gasteiger partial charge in [0.1, 0.15) is 12.3 Å². The molecule has 2 aromatic heterocycles. The van der Waals surface area contributed by atoms with Gasteiger partial charge in [-0.3, -0.25) is 9.78 Å². The number of piperidine rings is 1. The SMILES string of the molecule is COCc1nc(C2CCN(C(=O)c3cnccn3)CC2)no1. The Morgan fingerprint density at radius 2 is 2.23 bits per heavy atom. The molecule has 3 rings (SSSR count). The Balaban J connectivity index is 1.59. The topological polar surface area (TPSA) is 94.2 Å². The van der Waals surface area contributed by atoms with Crippen LogP contribution in [0.3, 0.4) is 0 Å². The molecule has 1 saturated heterocycles. The van der Waals surface area contributed by atoms with E-state index < -0.39 is 0 Å². The number of carbonyl (C=O) groups excluding carboxylic acids is 1. The van der Waals surface area contributed by atoms with E-state index in [9.17, 15) is 4.79 Å². The Labute approximate surface area is 127 Å². The van der Waals surface area contributed by atoms with Gasteiger partial charge in [0.05, 0.1) is 6.20 Å². The fourth-order valence-corrected chi connectivity index (χ4v) is 2.53. The molecule has 0 atom stereocenters. The molecule has 8 nitrogen and oxygen atoms in total. The molecule has 8 heteroatoms. The van der Waals surface area contributed by atoms with Crippen LogP contribution in [0.4, 0.5) is 0 Å². The third kappa shape index (κ3) is 3.11. The molecule has 0 aromatic carbocycles. The smallest absolute Gasteiger partial charge is 0.274 e. The maximum atomic E-state index is 12.3. The van der Waals surface area contributed by atoms with Crippen molar-refractivity contribution in [3.63, 3.8) is 0 Å². The molecule has 0 spiro atoms. The third-order valence-corrected chi connectivity index (χ3v) is 3.68. The maximum Gasteiger partial charge on any atom is 0.274 e. The van der Waals surface area contributed by atoms with Crippen LogP contribution >= 0.6 is 0 Å². The molecular formula is C14H17N5O3. The van der Waals surface area contributed by atoms with Gasteiger partial charge in [-0.15, -0.1) is 0 Å². The van der Waals surface area contributed by atoms with E-state index in [1.807, 2.05) is 0 Å². The summed E-state index contributed by atoms with van der Waals surface area (Å²) in [6.45, 7) is 1.61. The normalized spacial score (nSPS) is 16.0. The monoisotopic (exact) mass is 303 g/mol. The molecule has 1 amide bonds. The van der Waals surface area contributed by atoms with Crippen LogP contribution in [-0.4, -0.2) is 51.1 Å². The lowest BCUT2D eigenvalue weighted by Crippen LogP contribution is -2.38. The van der Waals surface area contributed by atoms with Crippen LogP contribution in [0.25, 0.3) is 0 Å². The molecule has 1 aliphatic heterocycles. The minimum atomic E-state index is -0.0836. The summed E-state index contributed by atoms with van der Waals surface area (Å²) in [4.78, 5) is 26.4. The average molecular weight is 303 g/mol. The lowest BCUT2D eigenvalue weighted by molar-refractivity contribution is 0.0704. The highest BCUT2D eigenvalue weighted by atomic mass is 16.5. The number of hydrogen-bond donors (Lipinski definition) is 0. The second kappa shape index (κ2) is 6.61. The van der Waals surface area contributed by atoms with Crippen molar-refractivity contribution in [2.75, 3.05) is 20.2 Å². The molecule has 3 heterocycles. The van der Waals surface area contributed by atoms with Gasteiger partial charge in [0.25, 0.3) is 11.8 Å². The predicted molar refractivity (Wildman–Crippen MR) is 74.9 cm³/mol. The van der Waals surface area contributed by atoms with Crippen molar-refractivity contribution in [1.82, 2.24) is 25.0 Å². The van der Waals surface area contributed by atoms with Gasteiger partial charge in [-0.1, -0.05) is 5.16 Å². The quantitative estimate of drug-likeness (QED) is 0.832. The zero-order valence-electron chi connectivity index (χ0n) is 12.3. The van der Waals surface area contributed by atoms with Crippen molar-refractivity contribution in [3.8, 4) is 0 Å². The Hall–Kier alpha value is -2.35. The Morgan fingerprint density at radius 3 is 2.91 bits per heavy atom. The summed E-state index contributed by atoms with van der Waals surface area (Å²) >= 11 is 0. The zero-order chi connectivity index (χ0) is 15.4. The van der Waals surface area contributed by atoms with Crippen LogP contribution in [0, 0.1) is 0 Å². The number of likely N-dealkylation sites (tertiary alicyclic amines) is 1. The molecule has 0 bridgehead atoms. The summed E-state index contributed by atoms with van der Waals surface area (Å²) < 4.78 is 10.1. The lowest BCUT2D eigenvalue weighted by atomic mass is 9.96. The molecule has 2 aromatic rings. The molecule has 0 radical (unpaired) electrons. The zero-order valence-corrected chi connectivity index (χ0v) is 12.3. The van der Waals surface area contributed by atoms with Crippen molar-refractivity contribution < 1.29 is 14.1 Å². The van der Waals surface area contributed by atoms with Gasteiger partial charge in [0, 0.05) is 38.5 Å². The molecule has 0 unspecified atom stereocenters. The molecule has 0 aliphatic carbocycles. The van der Waals surface area contributed by atoms with E-state index in [4.69, 9.17) is 9.26 Å². The number of ether oxygens (including phenoxy) is 1. The van der Waals surface area contributed by atoms with Gasteiger partial charge in [-0.2, -0.15) is 4.98 Å². The van der Waals surface area contributed by atoms with Crippen molar-refractivity contribution in [1.29, 1.82) is 0 Å². The summed E-state index contributed by atoms with van der Waals surface area (Å²) in [7, 11) is 1.58. The number of amides is 1. The lowest BCUT2D eigenvalue weighted by Gasteiger charge is -2.30. The van der Waals surface area contributed by atoms with Crippen LogP contribution in [-0.2, 0) is 11.3 Å². The first-order valence-corrected chi connectivity index (χ1v) is 7.14. The van der Waals surface area contributed by atoms with E-state index in [0.29, 0.717) is 37.1 Å². The molecule has 1 aliphatic rings. The minimum absolute atomic E-state index is 0.0836. The van der Waals surface area contributed by atoms with Crippen molar-refractivity contribution >= 4 is 5.91 Å². The number of methoxy groups -OCH3 is 1. The van der Waals surface area contributed by atoms with E-state index in [0.717, 1.165) is 12.8 Å². The third-order valence-electron chi connectivity index (χ3n) is 3.68. The Bertz CT molecular complexity index is 622. The first-order valence-electron chi connectivity index (χ1n) is 7.14. The van der Waals surface area contributed by atoms with Crippen molar-refractivity contribution in [2.45, 2.75) is 25.4 Å². The highest BCUT2D eigenvalue weighted by molar-refractivity contribution is 5.92. The highest BCUT2D eigenvalue weighted by Crippen LogP contribution is 2.26. The highest BCUT2D eigenvalue weighted by Gasteiger charge is 2.28. The fourth-order valence-electron chi connectivity index (χ4n) is 2.53. The molecule has 1 fully saturated rings. The summed E-state index contributed by atoms with van der Waals surface area (Å²) in [5.74, 6) is 1.30. The van der Waals surface area contributed by atoms with Crippen LogP contribution in [0.1, 0.15) is 41.0 Å². The van der Waals surface area contributed by atoms with E-state index in [1.165, 1.54) is 12.4 Å². The Kier molecular flexibility index (Phi) is 4.38. The first-order chi connectivity index (χ1) is 10.8. The van der Waals surface area contributed by atoms with Crippen LogP contribution in [0.2, 0.25) is 0 Å². The molecule has 116 valence electrons. The fraction of sp³-hybridized carbons (Fsp3) is 0.500. The van der Waals surface area contributed by atoms with E-state index in [2.05, 4.69) is 20.1 Å². The van der Waals surface area contributed by atoms with Crippen molar-refractivity contribution in [2.24, 2.45) is 0 Å². The van der Waals surface area contributed by atoms with Gasteiger partial charge in [-0.05, 0) is 12.8 Å². The summed E-state index contributed by atoms with van der Waals surface area (Å²) in [5, 5.41) is 3.99. The number of carbonyl (C=O) groups is 1. The summed E-state index contributed by atoms with van der Waals surface area (Å²) in [6.07, 6.45) is 6.17. The van der Waals surface area contributed by atoms with Gasteiger partial charge < -0.3 is 14.2 Å². The second-order valence-electron chi connectivity index (χ2n) is 5.14. The number of hydrogen-bond acceptors (Lipinski definition) is 7. The molecule has 22 heavy (non-hydrogen) atoms. The van der Waals surface area contributed by atoms with E-state index >= 15 is 0 Å². The van der Waals surface area contributed by atoms with Crippen LogP contribution in [0.5, 0.6) is 0 Å². The maximum absolute atomic E-state index is 12.3. The van der Waals surface area contributed by atoms with Gasteiger partial charge >= 0.3 is 0 Å². The van der Waals surface area contributed by atoms with Crippen molar-refractivity contribution in [3.05, 3.63) is 36.0 Å². The number of aromatic nitrogens is 4. The molecule has 0 N–H and O–H groups in total. The van der Waals surface area contributed by atoms with E-state index in [-0.39, 0.29) is 11.8 Å². The first kappa shape index (κ1) is 14.6. The van der Waals surface area contributed by atoms with Gasteiger partial charge in [-0.25, -0.2) is 4.98 Å². The number of rotatable bonds is 4. The standard InChI is InChI=1S/C14H17N5O3/c1-21-9-12-17-13(18-22-12)10-2-6-19(7-3-10)14(20)11-8-15-4-5-16-11/h4-5,8,10H,2-3,6-7,9H2,1H3. The van der Waals surface area contributed by atoms with Gasteiger partial charge in [0.15, 0.2) is 5.82 Å². The average Bonchev–Trinajstić information content (AvgIpc) is 3.04. The summed E-state index contributed by atoms with van der Waals surface area (Å²) in [6, 6.07) is 0. The van der Waals surface area contributed by atoms with Crippen LogP contribution in [0.15, 0.2) is 23.1 Å². The largest absolute Gasteiger partial charge is 0.375 e. The predicted octanol–water partition coefficient (Wildman–Crippen LogP) is 1.03. The van der Waals surface area contributed by atoms with Crippen LogP contribution < -0.4 is 0 Å². The number of nitrogens with zero attached hydrogens (tertiary/aromatic N) is 5. The van der Waals surface area contributed by atoms with Gasteiger partial charge in [0.2, 0.25) is 0 Å².